The van der Waals surface area contributed by atoms with Crippen molar-refractivity contribution in [2.75, 3.05) is 23.8 Å². The molecule has 0 unspecified atom stereocenters. The molecule has 1 aromatic carbocycles. The van der Waals surface area contributed by atoms with Crippen LogP contribution < -0.4 is 10.2 Å². The van der Waals surface area contributed by atoms with Gasteiger partial charge in [0.1, 0.15) is 5.82 Å². The molecular formula is C14H18N4. The van der Waals surface area contributed by atoms with Crippen molar-refractivity contribution < 1.29 is 0 Å². The van der Waals surface area contributed by atoms with Gasteiger partial charge in [-0.1, -0.05) is 17.7 Å². The summed E-state index contributed by atoms with van der Waals surface area (Å²) in [4.78, 5) is 10.8. The third-order valence-corrected chi connectivity index (χ3v) is 2.82. The van der Waals surface area contributed by atoms with Crippen molar-refractivity contribution in [3.05, 3.63) is 42.2 Å². The van der Waals surface area contributed by atoms with E-state index < -0.39 is 0 Å². The largest absolute Gasteiger partial charge is 0.372 e. The molecule has 1 N–H and O–H groups in total. The van der Waals surface area contributed by atoms with Gasteiger partial charge in [-0.15, -0.1) is 0 Å². The Morgan fingerprint density at radius 2 is 1.89 bits per heavy atom. The normalized spacial score (nSPS) is 10.2. The van der Waals surface area contributed by atoms with Gasteiger partial charge >= 0.3 is 0 Å². The van der Waals surface area contributed by atoms with Gasteiger partial charge in [0.2, 0.25) is 0 Å². The van der Waals surface area contributed by atoms with Crippen LogP contribution >= 0.6 is 0 Å². The molecule has 0 saturated carbocycles. The van der Waals surface area contributed by atoms with Crippen LogP contribution in [0.15, 0.2) is 36.7 Å². The maximum absolute atomic E-state index is 4.51. The van der Waals surface area contributed by atoms with Gasteiger partial charge in [0.25, 0.3) is 0 Å². The van der Waals surface area contributed by atoms with Crippen LogP contribution in [0.1, 0.15) is 12.5 Å². The van der Waals surface area contributed by atoms with E-state index in [4.69, 9.17) is 0 Å². The Morgan fingerprint density at radius 3 is 2.50 bits per heavy atom. The molecule has 0 aliphatic rings. The molecule has 0 spiro atoms. The van der Waals surface area contributed by atoms with Gasteiger partial charge in [-0.2, -0.15) is 0 Å². The summed E-state index contributed by atoms with van der Waals surface area (Å²) in [5.74, 6) is 1.63. The van der Waals surface area contributed by atoms with E-state index in [1.165, 1.54) is 5.56 Å². The molecule has 0 amide bonds. The van der Waals surface area contributed by atoms with Crippen molar-refractivity contribution in [1.82, 2.24) is 9.97 Å². The van der Waals surface area contributed by atoms with E-state index in [0.717, 1.165) is 23.9 Å². The number of nitrogens with zero attached hydrogens (tertiary/aromatic N) is 3. The van der Waals surface area contributed by atoms with E-state index in [-0.39, 0.29) is 0 Å². The molecule has 2 rings (SSSR count). The van der Waals surface area contributed by atoms with E-state index in [1.807, 2.05) is 7.05 Å². The number of nitrogens with one attached hydrogen (secondary N) is 1. The topological polar surface area (TPSA) is 41.1 Å². The van der Waals surface area contributed by atoms with Crippen LogP contribution in [0, 0.1) is 6.92 Å². The van der Waals surface area contributed by atoms with Crippen LogP contribution in [0.2, 0.25) is 0 Å². The van der Waals surface area contributed by atoms with E-state index in [0.29, 0.717) is 0 Å². The molecule has 18 heavy (non-hydrogen) atoms. The molecule has 0 atom stereocenters. The zero-order chi connectivity index (χ0) is 13.0. The van der Waals surface area contributed by atoms with Crippen molar-refractivity contribution >= 4 is 17.3 Å². The van der Waals surface area contributed by atoms with Crippen LogP contribution in [-0.4, -0.2) is 23.6 Å². The Balaban J connectivity index is 2.35. The van der Waals surface area contributed by atoms with E-state index in [9.17, 15) is 0 Å². The number of rotatable bonds is 4. The minimum Gasteiger partial charge on any atom is -0.372 e. The third-order valence-electron chi connectivity index (χ3n) is 2.82. The minimum atomic E-state index is 0.776. The maximum Gasteiger partial charge on any atom is 0.153 e. The van der Waals surface area contributed by atoms with Crippen LogP contribution in [-0.2, 0) is 0 Å². The predicted molar refractivity (Wildman–Crippen MR) is 75.4 cm³/mol. The van der Waals surface area contributed by atoms with Crippen LogP contribution in [0.3, 0.4) is 0 Å². The Labute approximate surface area is 108 Å². The summed E-state index contributed by atoms with van der Waals surface area (Å²) in [7, 11) is 1.84. The first-order valence-electron chi connectivity index (χ1n) is 6.08. The van der Waals surface area contributed by atoms with Gasteiger partial charge in [0, 0.05) is 19.3 Å². The third kappa shape index (κ3) is 2.59. The SMILES string of the molecule is CCN(c1ccc(C)cc1)c1cncc(NC)n1. The molecule has 0 radical (unpaired) electrons. The molecule has 1 heterocycles. The maximum atomic E-state index is 4.51. The number of hydrogen-bond acceptors (Lipinski definition) is 4. The summed E-state index contributed by atoms with van der Waals surface area (Å²) >= 11 is 0. The van der Waals surface area contributed by atoms with Crippen molar-refractivity contribution in [1.29, 1.82) is 0 Å². The summed E-state index contributed by atoms with van der Waals surface area (Å²) in [6.07, 6.45) is 3.50. The minimum absolute atomic E-state index is 0.776. The number of aromatic nitrogens is 2. The summed E-state index contributed by atoms with van der Waals surface area (Å²) in [6.45, 7) is 5.04. The van der Waals surface area contributed by atoms with Gasteiger partial charge in [0.05, 0.1) is 12.4 Å². The van der Waals surface area contributed by atoms with Gasteiger partial charge in [-0.05, 0) is 26.0 Å². The monoisotopic (exact) mass is 242 g/mol. The van der Waals surface area contributed by atoms with E-state index >= 15 is 0 Å². The lowest BCUT2D eigenvalue weighted by Crippen LogP contribution is -2.18. The first-order valence-corrected chi connectivity index (χ1v) is 6.08. The van der Waals surface area contributed by atoms with Crippen LogP contribution in [0.5, 0.6) is 0 Å². The van der Waals surface area contributed by atoms with Crippen LogP contribution in [0.25, 0.3) is 0 Å². The Hall–Kier alpha value is -2.10. The molecule has 0 saturated heterocycles. The van der Waals surface area contributed by atoms with E-state index in [1.54, 1.807) is 12.4 Å². The van der Waals surface area contributed by atoms with Crippen molar-refractivity contribution in [3.63, 3.8) is 0 Å². The highest BCUT2D eigenvalue weighted by Gasteiger charge is 2.09. The quantitative estimate of drug-likeness (QED) is 0.895. The second kappa shape index (κ2) is 5.49. The van der Waals surface area contributed by atoms with Gasteiger partial charge in [-0.25, -0.2) is 4.98 Å². The summed E-state index contributed by atoms with van der Waals surface area (Å²) in [5.41, 5.74) is 2.38. The average molecular weight is 242 g/mol. The Morgan fingerprint density at radius 1 is 1.17 bits per heavy atom. The molecule has 4 nitrogen and oxygen atoms in total. The number of anilines is 3. The van der Waals surface area contributed by atoms with Crippen molar-refractivity contribution in [2.45, 2.75) is 13.8 Å². The molecule has 0 aliphatic heterocycles. The lowest BCUT2D eigenvalue weighted by Gasteiger charge is -2.22. The zero-order valence-electron chi connectivity index (χ0n) is 11.0. The van der Waals surface area contributed by atoms with Crippen LogP contribution in [0.4, 0.5) is 17.3 Å². The molecule has 4 heteroatoms. The molecule has 2 aromatic rings. The smallest absolute Gasteiger partial charge is 0.153 e. The number of benzene rings is 1. The van der Waals surface area contributed by atoms with Gasteiger partial charge < -0.3 is 10.2 Å². The van der Waals surface area contributed by atoms with Gasteiger partial charge in [0.15, 0.2) is 5.82 Å². The fourth-order valence-electron chi connectivity index (χ4n) is 1.81. The summed E-state index contributed by atoms with van der Waals surface area (Å²) in [6, 6.07) is 8.42. The number of aryl methyl sites for hydroxylation is 1. The second-order valence-electron chi connectivity index (χ2n) is 4.09. The van der Waals surface area contributed by atoms with E-state index in [2.05, 4.69) is 58.3 Å². The van der Waals surface area contributed by atoms with Gasteiger partial charge in [-0.3, -0.25) is 4.98 Å². The first kappa shape index (κ1) is 12.4. The fourth-order valence-corrected chi connectivity index (χ4v) is 1.81. The van der Waals surface area contributed by atoms with Crippen molar-refractivity contribution in [3.8, 4) is 0 Å². The predicted octanol–water partition coefficient (Wildman–Crippen LogP) is 2.98. The molecule has 94 valence electrons. The fraction of sp³-hybridized carbons (Fsp3) is 0.286. The standard InChI is InChI=1S/C14H18N4/c1-4-18(12-7-5-11(2)6-8-12)14-10-16-9-13(15-3)17-14/h5-10H,4H2,1-3H3,(H,15,17). The molecular weight excluding hydrogens is 224 g/mol. The molecule has 0 bridgehead atoms. The highest BCUT2D eigenvalue weighted by Crippen LogP contribution is 2.23. The lowest BCUT2D eigenvalue weighted by molar-refractivity contribution is 0.976. The zero-order valence-corrected chi connectivity index (χ0v) is 11.0. The second-order valence-corrected chi connectivity index (χ2v) is 4.09. The Bertz CT molecular complexity index is 507. The molecule has 1 aromatic heterocycles. The Kier molecular flexibility index (Phi) is 3.77. The molecule has 0 fully saturated rings. The average Bonchev–Trinajstić information content (AvgIpc) is 2.42. The summed E-state index contributed by atoms with van der Waals surface area (Å²) < 4.78 is 0. The molecule has 0 aliphatic carbocycles. The first-order chi connectivity index (χ1) is 8.74. The summed E-state index contributed by atoms with van der Waals surface area (Å²) in [5, 5.41) is 3.01. The highest BCUT2D eigenvalue weighted by atomic mass is 15.2. The number of hydrogen-bond donors (Lipinski definition) is 1. The van der Waals surface area contributed by atoms with Crippen molar-refractivity contribution in [2.24, 2.45) is 0 Å². The lowest BCUT2D eigenvalue weighted by atomic mass is 10.2. The highest BCUT2D eigenvalue weighted by molar-refractivity contribution is 5.60.